The van der Waals surface area contributed by atoms with Crippen LogP contribution in [0.3, 0.4) is 0 Å². The zero-order valence-electron chi connectivity index (χ0n) is 8.14. The minimum absolute atomic E-state index is 0.322. The first-order chi connectivity index (χ1) is 5.74. The topological polar surface area (TPSA) is 26.0 Å². The van der Waals surface area contributed by atoms with Crippen molar-refractivity contribution in [1.82, 2.24) is 0 Å². The first-order valence-corrected chi connectivity index (χ1v) is 4.89. The van der Waals surface area contributed by atoms with Crippen LogP contribution in [0.2, 0.25) is 0 Å². The van der Waals surface area contributed by atoms with E-state index in [9.17, 15) is 0 Å². The summed E-state index contributed by atoms with van der Waals surface area (Å²) in [4.78, 5) is 0. The molecule has 1 heteroatoms. The highest BCUT2D eigenvalue weighted by Gasteiger charge is 2.25. The van der Waals surface area contributed by atoms with Crippen LogP contribution in [0.5, 0.6) is 0 Å². The van der Waals surface area contributed by atoms with E-state index in [0.29, 0.717) is 6.04 Å². The van der Waals surface area contributed by atoms with E-state index in [-0.39, 0.29) is 0 Å². The average molecular weight is 165 g/mol. The third-order valence-electron chi connectivity index (χ3n) is 2.86. The fourth-order valence-electron chi connectivity index (χ4n) is 2.03. The summed E-state index contributed by atoms with van der Waals surface area (Å²) in [5.41, 5.74) is 6.02. The van der Waals surface area contributed by atoms with Gasteiger partial charge in [-0.3, -0.25) is 0 Å². The molecule has 0 aromatic rings. The van der Waals surface area contributed by atoms with Gasteiger partial charge in [0, 0.05) is 12.5 Å². The summed E-state index contributed by atoms with van der Waals surface area (Å²) in [5, 5.41) is 0. The van der Waals surface area contributed by atoms with Gasteiger partial charge < -0.3 is 5.73 Å². The molecule has 12 heavy (non-hydrogen) atoms. The van der Waals surface area contributed by atoms with Crippen molar-refractivity contribution < 1.29 is 0 Å². The van der Waals surface area contributed by atoms with E-state index in [4.69, 9.17) is 5.73 Å². The van der Waals surface area contributed by atoms with Crippen LogP contribution in [-0.4, -0.2) is 6.04 Å². The molecule has 1 aliphatic carbocycles. The molecular weight excluding hydrogens is 146 g/mol. The Labute approximate surface area is 75.7 Å². The molecule has 0 amide bonds. The lowest BCUT2D eigenvalue weighted by molar-refractivity contribution is 0.423. The normalized spacial score (nSPS) is 30.9. The first-order valence-electron chi connectivity index (χ1n) is 4.89. The molecule has 1 fully saturated rings. The van der Waals surface area contributed by atoms with Crippen molar-refractivity contribution in [1.29, 1.82) is 0 Å². The lowest BCUT2D eigenvalue weighted by Crippen LogP contribution is -2.27. The van der Waals surface area contributed by atoms with Gasteiger partial charge in [0.2, 0.25) is 0 Å². The summed E-state index contributed by atoms with van der Waals surface area (Å²) in [6, 6.07) is 0.322. The summed E-state index contributed by atoms with van der Waals surface area (Å²) in [7, 11) is 0. The summed E-state index contributed by atoms with van der Waals surface area (Å²) in [6.07, 6.45) is 4.87. The molecule has 0 radical (unpaired) electrons. The van der Waals surface area contributed by atoms with Crippen molar-refractivity contribution in [3.05, 3.63) is 0 Å². The minimum atomic E-state index is 0.322. The molecule has 3 unspecified atom stereocenters. The Kier molecular flexibility index (Phi) is 3.62. The molecule has 3 atom stereocenters. The van der Waals surface area contributed by atoms with Crippen LogP contribution in [0, 0.1) is 23.7 Å². The third-order valence-corrected chi connectivity index (χ3v) is 2.86. The maximum absolute atomic E-state index is 6.02. The van der Waals surface area contributed by atoms with Crippen molar-refractivity contribution in [3.63, 3.8) is 0 Å². The molecule has 0 aliphatic heterocycles. The zero-order chi connectivity index (χ0) is 8.97. The second-order valence-electron chi connectivity index (χ2n) is 3.97. The second-order valence-corrected chi connectivity index (χ2v) is 3.97. The van der Waals surface area contributed by atoms with E-state index < -0.39 is 0 Å². The summed E-state index contributed by atoms with van der Waals surface area (Å²) < 4.78 is 0. The molecule has 0 heterocycles. The molecule has 0 aromatic carbocycles. The lowest BCUT2D eigenvalue weighted by Gasteiger charge is -2.16. The molecule has 2 N–H and O–H groups in total. The summed E-state index contributed by atoms with van der Waals surface area (Å²) in [5.74, 6) is 7.59. The van der Waals surface area contributed by atoms with Crippen LogP contribution >= 0.6 is 0 Å². The molecule has 0 saturated heterocycles. The lowest BCUT2D eigenvalue weighted by atomic mass is 9.95. The van der Waals surface area contributed by atoms with Crippen LogP contribution in [0.25, 0.3) is 0 Å². The molecule has 1 aliphatic rings. The van der Waals surface area contributed by atoms with E-state index >= 15 is 0 Å². The SMILES string of the molecule is CC#CCC(N)C1CCC(C)C1. The van der Waals surface area contributed by atoms with Gasteiger partial charge in [-0.2, -0.15) is 0 Å². The van der Waals surface area contributed by atoms with E-state index in [0.717, 1.165) is 18.3 Å². The highest BCUT2D eigenvalue weighted by Crippen LogP contribution is 2.32. The molecule has 68 valence electrons. The average Bonchev–Trinajstić information content (AvgIpc) is 2.47. The van der Waals surface area contributed by atoms with Crippen LogP contribution in [0.15, 0.2) is 0 Å². The number of hydrogen-bond donors (Lipinski definition) is 1. The van der Waals surface area contributed by atoms with Crippen molar-refractivity contribution in [3.8, 4) is 11.8 Å². The zero-order valence-corrected chi connectivity index (χ0v) is 8.14. The number of hydrogen-bond acceptors (Lipinski definition) is 1. The maximum atomic E-state index is 6.02. The molecule has 1 nitrogen and oxygen atoms in total. The Morgan fingerprint density at radius 3 is 2.75 bits per heavy atom. The van der Waals surface area contributed by atoms with Crippen LogP contribution in [0.4, 0.5) is 0 Å². The first kappa shape index (κ1) is 9.61. The molecule has 0 aromatic heterocycles. The fraction of sp³-hybridized carbons (Fsp3) is 0.818. The van der Waals surface area contributed by atoms with E-state index in [1.54, 1.807) is 0 Å². The van der Waals surface area contributed by atoms with Crippen LogP contribution < -0.4 is 5.73 Å². The standard InChI is InChI=1S/C11H19N/c1-3-4-5-11(12)10-7-6-9(2)8-10/h9-11H,5-8,12H2,1-2H3. The largest absolute Gasteiger partial charge is 0.327 e. The Morgan fingerprint density at radius 2 is 2.25 bits per heavy atom. The van der Waals surface area contributed by atoms with Gasteiger partial charge >= 0.3 is 0 Å². The molecule has 0 bridgehead atoms. The van der Waals surface area contributed by atoms with Gasteiger partial charge in [0.25, 0.3) is 0 Å². The smallest absolute Gasteiger partial charge is 0.0243 e. The van der Waals surface area contributed by atoms with Gasteiger partial charge in [0.05, 0.1) is 0 Å². The minimum Gasteiger partial charge on any atom is -0.327 e. The van der Waals surface area contributed by atoms with Crippen molar-refractivity contribution in [2.45, 2.75) is 45.6 Å². The number of rotatable bonds is 2. The van der Waals surface area contributed by atoms with Gasteiger partial charge in [-0.05, 0) is 31.6 Å². The molecular formula is C11H19N. The van der Waals surface area contributed by atoms with Gasteiger partial charge in [0.15, 0.2) is 0 Å². The fourth-order valence-corrected chi connectivity index (χ4v) is 2.03. The Bertz CT molecular complexity index is 187. The van der Waals surface area contributed by atoms with Gasteiger partial charge in [-0.1, -0.05) is 13.3 Å². The van der Waals surface area contributed by atoms with E-state index in [1.165, 1.54) is 19.3 Å². The van der Waals surface area contributed by atoms with Gasteiger partial charge in [-0.25, -0.2) is 0 Å². The summed E-state index contributed by atoms with van der Waals surface area (Å²) >= 11 is 0. The van der Waals surface area contributed by atoms with Gasteiger partial charge in [0.1, 0.15) is 0 Å². The monoisotopic (exact) mass is 165 g/mol. The Balaban J connectivity index is 2.31. The number of nitrogens with two attached hydrogens (primary N) is 1. The molecule has 1 saturated carbocycles. The van der Waals surface area contributed by atoms with E-state index in [1.807, 2.05) is 6.92 Å². The Morgan fingerprint density at radius 1 is 1.50 bits per heavy atom. The predicted molar refractivity (Wildman–Crippen MR) is 52.5 cm³/mol. The predicted octanol–water partition coefficient (Wildman–Crippen LogP) is 2.16. The van der Waals surface area contributed by atoms with Crippen molar-refractivity contribution in [2.24, 2.45) is 17.6 Å². The molecule has 0 spiro atoms. The molecule has 1 rings (SSSR count). The maximum Gasteiger partial charge on any atom is 0.0243 e. The van der Waals surface area contributed by atoms with Crippen molar-refractivity contribution >= 4 is 0 Å². The van der Waals surface area contributed by atoms with Crippen LogP contribution in [0.1, 0.15) is 39.5 Å². The highest BCUT2D eigenvalue weighted by atomic mass is 14.6. The second kappa shape index (κ2) is 4.52. The van der Waals surface area contributed by atoms with E-state index in [2.05, 4.69) is 18.8 Å². The van der Waals surface area contributed by atoms with Crippen LogP contribution in [-0.2, 0) is 0 Å². The quantitative estimate of drug-likeness (QED) is 0.623. The highest BCUT2D eigenvalue weighted by molar-refractivity contribution is 4.99. The van der Waals surface area contributed by atoms with Gasteiger partial charge in [-0.15, -0.1) is 11.8 Å². The Hall–Kier alpha value is -0.480. The third kappa shape index (κ3) is 2.53. The summed E-state index contributed by atoms with van der Waals surface area (Å²) in [6.45, 7) is 4.20. The van der Waals surface area contributed by atoms with Crippen molar-refractivity contribution in [2.75, 3.05) is 0 Å².